The number of anilines is 1. The SMILES string of the molecule is CN1c2cccc(P(C3CCCCC3)C3CCCCC3)c2[C@@H]1C1CCCC1P(C1CCCCC1)C1CCCCC1. The average molecular weight is 580 g/mol. The third kappa shape index (κ3) is 5.60. The van der Waals surface area contributed by atoms with Gasteiger partial charge in [0.2, 0.25) is 0 Å². The quantitative estimate of drug-likeness (QED) is 0.290. The molecule has 0 spiro atoms. The molecule has 0 N–H and O–H groups in total. The Balaban J connectivity index is 1.22. The molecule has 0 aromatic heterocycles. The largest absolute Gasteiger partial charge is 0.367 e. The van der Waals surface area contributed by atoms with Gasteiger partial charge in [-0.2, -0.15) is 0 Å². The lowest BCUT2D eigenvalue weighted by Gasteiger charge is -2.53. The van der Waals surface area contributed by atoms with Crippen LogP contribution in [0.3, 0.4) is 0 Å². The number of hydrogen-bond donors (Lipinski definition) is 0. The van der Waals surface area contributed by atoms with E-state index in [9.17, 15) is 0 Å². The highest BCUT2D eigenvalue weighted by atomic mass is 31.1. The van der Waals surface area contributed by atoms with Gasteiger partial charge in [0.25, 0.3) is 0 Å². The number of hydrogen-bond acceptors (Lipinski definition) is 1. The Morgan fingerprint density at radius 2 is 1.05 bits per heavy atom. The Bertz CT molecular complexity index is 917. The van der Waals surface area contributed by atoms with Crippen molar-refractivity contribution in [3.63, 3.8) is 0 Å². The summed E-state index contributed by atoms with van der Waals surface area (Å²) < 4.78 is 0. The van der Waals surface area contributed by atoms with Crippen LogP contribution in [0.15, 0.2) is 18.2 Å². The molecule has 0 bridgehead atoms. The molecule has 0 saturated heterocycles. The second-order valence-corrected chi connectivity index (χ2v) is 20.7. The van der Waals surface area contributed by atoms with Gasteiger partial charge in [0.15, 0.2) is 0 Å². The van der Waals surface area contributed by atoms with Crippen LogP contribution in [0.4, 0.5) is 5.69 Å². The zero-order valence-electron chi connectivity index (χ0n) is 25.9. The smallest absolute Gasteiger partial charge is 0.0600 e. The summed E-state index contributed by atoms with van der Waals surface area (Å²) in [7, 11) is 2.67. The van der Waals surface area contributed by atoms with Crippen molar-refractivity contribution in [1.29, 1.82) is 0 Å². The molecule has 2 unspecified atom stereocenters. The molecule has 1 aliphatic heterocycles. The van der Waals surface area contributed by atoms with Gasteiger partial charge in [-0.3, -0.25) is 0 Å². The molecule has 0 amide bonds. The van der Waals surface area contributed by atoms with Crippen molar-refractivity contribution in [3.05, 3.63) is 23.8 Å². The molecule has 40 heavy (non-hydrogen) atoms. The lowest BCUT2D eigenvalue weighted by atomic mass is 9.82. The first-order chi connectivity index (χ1) is 19.8. The van der Waals surface area contributed by atoms with Gasteiger partial charge in [0, 0.05) is 18.3 Å². The maximum Gasteiger partial charge on any atom is 0.0600 e. The van der Waals surface area contributed by atoms with E-state index in [0.29, 0.717) is 0 Å². The molecule has 3 atom stereocenters. The van der Waals surface area contributed by atoms with Crippen LogP contribution >= 0.6 is 15.8 Å². The first-order valence-corrected chi connectivity index (χ1v) is 21.3. The van der Waals surface area contributed by atoms with Gasteiger partial charge in [-0.25, -0.2) is 0 Å². The molecule has 5 aliphatic carbocycles. The topological polar surface area (TPSA) is 3.24 Å². The molecule has 1 nitrogen and oxygen atoms in total. The van der Waals surface area contributed by atoms with E-state index in [0.717, 1.165) is 40.3 Å². The number of fused-ring (bicyclic) bond motifs is 1. The molecule has 7 rings (SSSR count). The van der Waals surface area contributed by atoms with Crippen LogP contribution in [-0.4, -0.2) is 35.3 Å². The second kappa shape index (κ2) is 13.3. The molecule has 5 saturated carbocycles. The summed E-state index contributed by atoms with van der Waals surface area (Å²) in [6.45, 7) is 0. The second-order valence-electron chi connectivity index (χ2n) is 14.9. The van der Waals surface area contributed by atoms with Gasteiger partial charge in [0.05, 0.1) is 6.04 Å². The average Bonchev–Trinajstić information content (AvgIpc) is 3.48. The van der Waals surface area contributed by atoms with Gasteiger partial charge >= 0.3 is 0 Å². The minimum absolute atomic E-state index is 0.0132. The van der Waals surface area contributed by atoms with Crippen molar-refractivity contribution >= 4 is 26.8 Å². The van der Waals surface area contributed by atoms with Gasteiger partial charge < -0.3 is 4.90 Å². The third-order valence-corrected chi connectivity index (χ3v) is 20.4. The van der Waals surface area contributed by atoms with Crippen LogP contribution < -0.4 is 10.2 Å². The number of rotatable bonds is 7. The van der Waals surface area contributed by atoms with Gasteiger partial charge in [-0.15, -0.1) is 0 Å². The monoisotopic (exact) mass is 579 g/mol. The molecular formula is C37H59NP2. The van der Waals surface area contributed by atoms with Crippen LogP contribution in [0.2, 0.25) is 0 Å². The summed E-state index contributed by atoms with van der Waals surface area (Å²) in [4.78, 5) is 2.81. The van der Waals surface area contributed by atoms with Crippen molar-refractivity contribution < 1.29 is 0 Å². The molecule has 5 fully saturated rings. The molecule has 6 aliphatic rings. The Hall–Kier alpha value is -0.120. The fraction of sp³-hybridized carbons (Fsp3) is 0.838. The van der Waals surface area contributed by atoms with Crippen molar-refractivity contribution in [1.82, 2.24) is 0 Å². The lowest BCUT2D eigenvalue weighted by Crippen LogP contribution is -2.46. The van der Waals surface area contributed by atoms with E-state index in [-0.39, 0.29) is 15.8 Å². The maximum absolute atomic E-state index is 2.81. The van der Waals surface area contributed by atoms with Crippen LogP contribution in [0.1, 0.15) is 159 Å². The van der Waals surface area contributed by atoms with Crippen LogP contribution in [-0.2, 0) is 0 Å². The third-order valence-electron chi connectivity index (χ3n) is 12.7. The highest BCUT2D eigenvalue weighted by Gasteiger charge is 2.50. The van der Waals surface area contributed by atoms with E-state index in [1.165, 1.54) is 116 Å². The predicted molar refractivity (Wildman–Crippen MR) is 180 cm³/mol. The Morgan fingerprint density at radius 1 is 0.550 bits per heavy atom. The number of benzene rings is 1. The minimum Gasteiger partial charge on any atom is -0.367 e. The highest BCUT2D eigenvalue weighted by Crippen LogP contribution is 2.67. The van der Waals surface area contributed by atoms with Crippen LogP contribution in [0.5, 0.6) is 0 Å². The van der Waals surface area contributed by atoms with E-state index in [4.69, 9.17) is 0 Å². The number of nitrogens with zero attached hydrogens (tertiary/aromatic N) is 1. The summed E-state index contributed by atoms with van der Waals surface area (Å²) in [5.74, 6) is 0.947. The van der Waals surface area contributed by atoms with E-state index in [1.54, 1.807) is 37.8 Å². The Labute approximate surface area is 249 Å². The standard InChI is InChI=1S/C37H59NP2/c1-38-33-25-15-27-35(40(30-20-10-4-11-21-30)31-22-12-5-13-23-31)36(33)37(38)32-24-14-26-34(32)39(28-16-6-2-7-17-28)29-18-8-3-9-19-29/h15,25,27-32,34,37H,2-14,16-24,26H2,1H3/t32?,34?,37-/m0/s1. The predicted octanol–water partition coefficient (Wildman–Crippen LogP) is 11.3. The fourth-order valence-corrected chi connectivity index (χ4v) is 19.7. The fourth-order valence-electron chi connectivity index (χ4n) is 10.9. The summed E-state index contributed by atoms with van der Waals surface area (Å²) >= 11 is 0. The normalized spacial score (nSPS) is 31.6. The van der Waals surface area contributed by atoms with E-state index >= 15 is 0 Å². The summed E-state index contributed by atoms with van der Waals surface area (Å²) in [6, 6.07) is 8.43. The highest BCUT2D eigenvalue weighted by molar-refractivity contribution is 7.67. The lowest BCUT2D eigenvalue weighted by molar-refractivity contribution is 0.399. The summed E-state index contributed by atoms with van der Waals surface area (Å²) in [5.41, 5.74) is 8.87. The van der Waals surface area contributed by atoms with Gasteiger partial charge in [-0.05, 0) is 110 Å². The first kappa shape index (κ1) is 28.6. The van der Waals surface area contributed by atoms with Crippen molar-refractivity contribution in [2.24, 2.45) is 5.92 Å². The summed E-state index contributed by atoms with van der Waals surface area (Å²) in [5, 5.41) is 1.93. The maximum atomic E-state index is 2.81. The van der Waals surface area contributed by atoms with Crippen molar-refractivity contribution in [2.45, 2.75) is 182 Å². The van der Waals surface area contributed by atoms with E-state index < -0.39 is 0 Å². The first-order valence-electron chi connectivity index (χ1n) is 18.2. The molecule has 1 aromatic carbocycles. The Kier molecular flexibility index (Phi) is 9.49. The zero-order valence-corrected chi connectivity index (χ0v) is 27.7. The molecule has 222 valence electrons. The zero-order chi connectivity index (χ0) is 26.9. The van der Waals surface area contributed by atoms with E-state index in [1.807, 2.05) is 10.9 Å². The molecule has 0 radical (unpaired) electrons. The van der Waals surface area contributed by atoms with Crippen LogP contribution in [0.25, 0.3) is 0 Å². The van der Waals surface area contributed by atoms with Gasteiger partial charge in [-0.1, -0.05) is 111 Å². The van der Waals surface area contributed by atoms with Gasteiger partial charge in [0.1, 0.15) is 0 Å². The van der Waals surface area contributed by atoms with Crippen LogP contribution in [0, 0.1) is 5.92 Å². The summed E-state index contributed by atoms with van der Waals surface area (Å²) in [6.07, 6.45) is 35.3. The molecule has 3 heteroatoms. The minimum atomic E-state index is -0.0132. The molecule has 1 heterocycles. The van der Waals surface area contributed by atoms with Crippen molar-refractivity contribution in [3.8, 4) is 0 Å². The van der Waals surface area contributed by atoms with Crippen molar-refractivity contribution in [2.75, 3.05) is 11.9 Å². The van der Waals surface area contributed by atoms with E-state index in [2.05, 4.69) is 30.1 Å². The molecular weight excluding hydrogens is 520 g/mol. The Morgan fingerprint density at radius 3 is 1.57 bits per heavy atom. The molecule has 1 aromatic rings.